The molecule has 1 N–H and O–H groups in total. The summed E-state index contributed by atoms with van der Waals surface area (Å²) in [6, 6.07) is 15.8. The molecular weight excluding hydrogens is 322 g/mol. The average Bonchev–Trinajstić information content (AvgIpc) is 2.99. The normalized spacial score (nSPS) is 11.5. The number of benzene rings is 2. The molecule has 3 rings (SSSR count). The van der Waals surface area contributed by atoms with Gasteiger partial charge in [0.2, 0.25) is 15.0 Å². The number of hydrogen-bond acceptors (Lipinski definition) is 4. The van der Waals surface area contributed by atoms with Crippen LogP contribution in [0, 0.1) is 0 Å². The van der Waals surface area contributed by atoms with Crippen molar-refractivity contribution in [3.05, 3.63) is 65.2 Å². The lowest BCUT2D eigenvalue weighted by atomic mass is 10.2. The highest BCUT2D eigenvalue weighted by Crippen LogP contribution is 2.20. The Morgan fingerprint density at radius 1 is 1.00 bits per heavy atom. The second-order valence-corrected chi connectivity index (χ2v) is 7.06. The maximum Gasteiger partial charge on any atom is 0.243 e. The van der Waals surface area contributed by atoms with E-state index in [1.165, 1.54) is 0 Å². The predicted molar refractivity (Wildman–Crippen MR) is 84.2 cm³/mol. The van der Waals surface area contributed by atoms with Crippen molar-refractivity contribution in [3.63, 3.8) is 0 Å². The van der Waals surface area contributed by atoms with E-state index < -0.39 is 9.84 Å². The Hall–Kier alpha value is -2.18. The lowest BCUT2D eigenvalue weighted by Gasteiger charge is -2.00. The van der Waals surface area contributed by atoms with E-state index in [0.29, 0.717) is 22.0 Å². The van der Waals surface area contributed by atoms with Gasteiger partial charge in [0, 0.05) is 10.6 Å². The quantitative estimate of drug-likeness (QED) is 0.796. The molecule has 0 bridgehead atoms. The third kappa shape index (κ3) is 3.18. The molecule has 0 aliphatic carbocycles. The summed E-state index contributed by atoms with van der Waals surface area (Å²) in [6.45, 7) is 0. The highest BCUT2D eigenvalue weighted by Gasteiger charge is 2.20. The zero-order chi connectivity index (χ0) is 15.6. The van der Waals surface area contributed by atoms with Crippen molar-refractivity contribution in [1.82, 2.24) is 15.2 Å². The Bertz CT molecular complexity index is 875. The first-order chi connectivity index (χ1) is 10.5. The van der Waals surface area contributed by atoms with Gasteiger partial charge in [0.1, 0.15) is 0 Å². The van der Waals surface area contributed by atoms with Crippen molar-refractivity contribution in [2.75, 3.05) is 0 Å². The molecule has 0 radical (unpaired) electrons. The second-order valence-electron chi connectivity index (χ2n) is 4.72. The van der Waals surface area contributed by atoms with Crippen molar-refractivity contribution in [1.29, 1.82) is 0 Å². The van der Waals surface area contributed by atoms with Crippen LogP contribution in [-0.4, -0.2) is 23.6 Å². The summed E-state index contributed by atoms with van der Waals surface area (Å²) in [5.41, 5.74) is 1.40. The van der Waals surface area contributed by atoms with Gasteiger partial charge in [-0.1, -0.05) is 41.9 Å². The highest BCUT2D eigenvalue weighted by atomic mass is 35.5. The number of sulfone groups is 1. The van der Waals surface area contributed by atoms with Crippen LogP contribution >= 0.6 is 11.6 Å². The first kappa shape index (κ1) is 14.7. The van der Waals surface area contributed by atoms with Gasteiger partial charge in [-0.25, -0.2) is 13.5 Å². The fourth-order valence-corrected chi connectivity index (χ4v) is 3.28. The van der Waals surface area contributed by atoms with Crippen LogP contribution in [-0.2, 0) is 15.6 Å². The van der Waals surface area contributed by atoms with Crippen LogP contribution in [0.25, 0.3) is 11.4 Å². The van der Waals surface area contributed by atoms with Gasteiger partial charge in [-0.3, -0.25) is 0 Å². The lowest BCUT2D eigenvalue weighted by molar-refractivity contribution is 0.587. The van der Waals surface area contributed by atoms with Crippen LogP contribution in [0.2, 0.25) is 5.02 Å². The fourth-order valence-electron chi connectivity index (χ4n) is 1.98. The Kier molecular flexibility index (Phi) is 3.96. The number of halogens is 1. The Morgan fingerprint density at radius 2 is 1.68 bits per heavy atom. The third-order valence-electron chi connectivity index (χ3n) is 3.06. The van der Waals surface area contributed by atoms with E-state index in [1.807, 2.05) is 6.07 Å². The molecule has 5 nitrogen and oxygen atoms in total. The minimum atomic E-state index is -3.56. The largest absolute Gasteiger partial charge is 0.249 e. The van der Waals surface area contributed by atoms with E-state index in [0.717, 1.165) is 0 Å². The Labute approximate surface area is 132 Å². The van der Waals surface area contributed by atoms with Gasteiger partial charge in [-0.05, 0) is 29.8 Å². The highest BCUT2D eigenvalue weighted by molar-refractivity contribution is 7.90. The van der Waals surface area contributed by atoms with Crippen LogP contribution in [0.1, 0.15) is 5.56 Å². The summed E-state index contributed by atoms with van der Waals surface area (Å²) in [4.78, 5) is 4.08. The molecule has 0 unspecified atom stereocenters. The Balaban J connectivity index is 1.88. The molecule has 0 spiro atoms. The number of hydrogen-bond donors (Lipinski definition) is 1. The molecular formula is C15H12ClN3O2S. The van der Waals surface area contributed by atoms with Crippen molar-refractivity contribution >= 4 is 21.4 Å². The van der Waals surface area contributed by atoms with Crippen LogP contribution in [0.3, 0.4) is 0 Å². The molecule has 7 heteroatoms. The maximum atomic E-state index is 12.3. The van der Waals surface area contributed by atoms with E-state index in [1.54, 1.807) is 48.5 Å². The van der Waals surface area contributed by atoms with Gasteiger partial charge in [0.05, 0.1) is 5.75 Å². The zero-order valence-electron chi connectivity index (χ0n) is 11.4. The average molecular weight is 334 g/mol. The summed E-state index contributed by atoms with van der Waals surface area (Å²) >= 11 is 5.82. The van der Waals surface area contributed by atoms with E-state index in [2.05, 4.69) is 15.2 Å². The maximum absolute atomic E-state index is 12.3. The van der Waals surface area contributed by atoms with E-state index in [-0.39, 0.29) is 10.9 Å². The zero-order valence-corrected chi connectivity index (χ0v) is 13.0. The lowest BCUT2D eigenvalue weighted by Crippen LogP contribution is -2.07. The standard InChI is InChI=1S/C15H12ClN3O2S/c16-13-8-6-12(7-9-13)14-17-15(19-18-14)22(20,21)10-11-4-2-1-3-5-11/h1-9H,10H2,(H,17,18,19). The van der Waals surface area contributed by atoms with Crippen molar-refractivity contribution in [2.24, 2.45) is 0 Å². The Morgan fingerprint density at radius 3 is 2.36 bits per heavy atom. The molecule has 0 saturated heterocycles. The van der Waals surface area contributed by atoms with Gasteiger partial charge < -0.3 is 0 Å². The summed E-state index contributed by atoms with van der Waals surface area (Å²) in [5.74, 6) is 0.201. The summed E-state index contributed by atoms with van der Waals surface area (Å²) in [7, 11) is -3.56. The predicted octanol–water partition coefficient (Wildman–Crippen LogP) is 3.10. The molecule has 0 aliphatic rings. The number of nitrogens with zero attached hydrogens (tertiary/aromatic N) is 2. The van der Waals surface area contributed by atoms with Gasteiger partial charge in [-0.15, -0.1) is 0 Å². The molecule has 3 aromatic rings. The molecule has 2 aromatic carbocycles. The minimum absolute atomic E-state index is 0.122. The molecule has 0 saturated carbocycles. The monoisotopic (exact) mass is 333 g/mol. The van der Waals surface area contributed by atoms with Gasteiger partial charge in [0.15, 0.2) is 5.82 Å². The molecule has 0 atom stereocenters. The molecule has 0 aliphatic heterocycles. The van der Waals surface area contributed by atoms with Crippen molar-refractivity contribution in [2.45, 2.75) is 10.9 Å². The summed E-state index contributed by atoms with van der Waals surface area (Å²) < 4.78 is 24.7. The van der Waals surface area contributed by atoms with E-state index >= 15 is 0 Å². The van der Waals surface area contributed by atoms with Crippen molar-refractivity contribution in [3.8, 4) is 11.4 Å². The molecule has 22 heavy (non-hydrogen) atoms. The summed E-state index contributed by atoms with van der Waals surface area (Å²) in [5, 5.41) is 6.92. The van der Waals surface area contributed by atoms with Gasteiger partial charge in [0.25, 0.3) is 0 Å². The number of H-pyrrole nitrogens is 1. The number of aromatic nitrogens is 3. The first-order valence-electron chi connectivity index (χ1n) is 6.50. The first-order valence-corrected chi connectivity index (χ1v) is 8.53. The van der Waals surface area contributed by atoms with E-state index in [4.69, 9.17) is 11.6 Å². The van der Waals surface area contributed by atoms with Crippen LogP contribution < -0.4 is 0 Å². The second kappa shape index (κ2) is 5.90. The van der Waals surface area contributed by atoms with E-state index in [9.17, 15) is 8.42 Å². The number of nitrogens with one attached hydrogen (secondary N) is 1. The van der Waals surface area contributed by atoms with Crippen LogP contribution in [0.5, 0.6) is 0 Å². The fraction of sp³-hybridized carbons (Fsp3) is 0.0667. The number of rotatable bonds is 4. The minimum Gasteiger partial charge on any atom is -0.249 e. The van der Waals surface area contributed by atoms with Crippen molar-refractivity contribution < 1.29 is 8.42 Å². The van der Waals surface area contributed by atoms with Gasteiger partial charge in [-0.2, -0.15) is 10.1 Å². The molecule has 0 fully saturated rings. The molecule has 0 amide bonds. The number of aromatic amines is 1. The molecule has 1 heterocycles. The van der Waals surface area contributed by atoms with Crippen LogP contribution in [0.4, 0.5) is 0 Å². The topological polar surface area (TPSA) is 75.7 Å². The SMILES string of the molecule is O=S(=O)(Cc1ccccc1)c1nc(-c2ccc(Cl)cc2)n[nH]1. The summed E-state index contributed by atoms with van der Waals surface area (Å²) in [6.07, 6.45) is 0. The molecule has 1 aromatic heterocycles. The third-order valence-corrected chi connectivity index (χ3v) is 4.80. The van der Waals surface area contributed by atoms with Crippen LogP contribution in [0.15, 0.2) is 59.8 Å². The smallest absolute Gasteiger partial charge is 0.243 e. The van der Waals surface area contributed by atoms with Gasteiger partial charge >= 0.3 is 0 Å². The molecule has 112 valence electrons.